The maximum Gasteiger partial charge on any atom is 0.416 e. The molecule has 0 bridgehead atoms. The van der Waals surface area contributed by atoms with E-state index in [9.17, 15) is 13.2 Å². The van der Waals surface area contributed by atoms with Gasteiger partial charge in [-0.2, -0.15) is 13.2 Å². The number of pyridine rings is 1. The molecule has 0 aliphatic carbocycles. The van der Waals surface area contributed by atoms with Gasteiger partial charge in [0, 0.05) is 23.0 Å². The highest BCUT2D eigenvalue weighted by molar-refractivity contribution is 6.30. The Labute approximate surface area is 113 Å². The van der Waals surface area contributed by atoms with Gasteiger partial charge in [0.05, 0.1) is 11.6 Å². The predicted octanol–water partition coefficient (Wildman–Crippen LogP) is 3.80. The Morgan fingerprint density at radius 3 is 2.32 bits per heavy atom. The summed E-state index contributed by atoms with van der Waals surface area (Å²) in [5.74, 6) is 0. The van der Waals surface area contributed by atoms with E-state index < -0.39 is 17.8 Å². The molecule has 2 rings (SSSR count). The number of alkyl halides is 3. The van der Waals surface area contributed by atoms with Crippen molar-refractivity contribution in [1.82, 2.24) is 4.98 Å². The lowest BCUT2D eigenvalue weighted by Crippen LogP contribution is -2.18. The van der Waals surface area contributed by atoms with Gasteiger partial charge in [-0.15, -0.1) is 0 Å². The molecule has 6 heteroatoms. The van der Waals surface area contributed by atoms with Crippen molar-refractivity contribution in [3.63, 3.8) is 0 Å². The number of hydrogen-bond donors (Lipinski definition) is 1. The van der Waals surface area contributed by atoms with Crippen molar-refractivity contribution in [2.45, 2.75) is 12.2 Å². The van der Waals surface area contributed by atoms with E-state index in [1.165, 1.54) is 0 Å². The normalized spacial score (nSPS) is 13.3. The number of halogens is 4. The zero-order valence-corrected chi connectivity index (χ0v) is 10.4. The highest BCUT2D eigenvalue weighted by Crippen LogP contribution is 2.35. The van der Waals surface area contributed by atoms with Crippen molar-refractivity contribution in [3.8, 4) is 0 Å². The third-order valence-corrected chi connectivity index (χ3v) is 2.97. The summed E-state index contributed by atoms with van der Waals surface area (Å²) in [4.78, 5) is 3.72. The van der Waals surface area contributed by atoms with E-state index in [0.717, 1.165) is 18.5 Å². The lowest BCUT2D eigenvalue weighted by atomic mass is 9.97. The molecule has 1 heterocycles. The Morgan fingerprint density at radius 1 is 1.11 bits per heavy atom. The van der Waals surface area contributed by atoms with Crippen LogP contribution in [0, 0.1) is 0 Å². The Bertz CT molecular complexity index is 567. The Morgan fingerprint density at radius 2 is 1.74 bits per heavy atom. The molecule has 0 spiro atoms. The van der Waals surface area contributed by atoms with Crippen LogP contribution in [0.5, 0.6) is 0 Å². The lowest BCUT2D eigenvalue weighted by molar-refractivity contribution is -0.138. The fraction of sp³-hybridized carbons (Fsp3) is 0.154. The summed E-state index contributed by atoms with van der Waals surface area (Å²) in [5.41, 5.74) is 5.59. The van der Waals surface area contributed by atoms with Crippen LogP contribution in [0.25, 0.3) is 0 Å². The number of nitrogens with two attached hydrogens (primary N) is 1. The zero-order valence-electron chi connectivity index (χ0n) is 9.66. The van der Waals surface area contributed by atoms with Gasteiger partial charge in [0.25, 0.3) is 0 Å². The summed E-state index contributed by atoms with van der Waals surface area (Å²) >= 11 is 5.73. The van der Waals surface area contributed by atoms with E-state index in [-0.39, 0.29) is 5.56 Å². The standard InChI is InChI=1S/C13H10ClF3N2/c14-9-3-1-8(2-4-9)12(18)10-7-19-6-5-11(10)13(15,16)17/h1-7,12H,18H2. The van der Waals surface area contributed by atoms with Crippen LogP contribution in [0.15, 0.2) is 42.7 Å². The topological polar surface area (TPSA) is 38.9 Å². The molecule has 0 radical (unpaired) electrons. The molecule has 0 amide bonds. The quantitative estimate of drug-likeness (QED) is 0.912. The summed E-state index contributed by atoms with van der Waals surface area (Å²) in [6.45, 7) is 0. The summed E-state index contributed by atoms with van der Waals surface area (Å²) in [7, 11) is 0. The van der Waals surface area contributed by atoms with Crippen LogP contribution in [0.1, 0.15) is 22.7 Å². The van der Waals surface area contributed by atoms with Gasteiger partial charge in [-0.1, -0.05) is 23.7 Å². The Balaban J connectivity index is 2.44. The number of nitrogens with zero attached hydrogens (tertiary/aromatic N) is 1. The van der Waals surface area contributed by atoms with Crippen LogP contribution in [0.2, 0.25) is 5.02 Å². The van der Waals surface area contributed by atoms with Crippen LogP contribution >= 0.6 is 11.6 Å². The van der Waals surface area contributed by atoms with Gasteiger partial charge in [-0.05, 0) is 23.8 Å². The average Bonchev–Trinajstić information content (AvgIpc) is 2.38. The first kappa shape index (κ1) is 13.8. The molecule has 0 saturated carbocycles. The first-order chi connectivity index (χ1) is 8.89. The summed E-state index contributed by atoms with van der Waals surface area (Å²) in [6, 6.07) is 6.38. The second kappa shape index (κ2) is 5.19. The minimum Gasteiger partial charge on any atom is -0.320 e. The molecule has 19 heavy (non-hydrogen) atoms. The highest BCUT2D eigenvalue weighted by Gasteiger charge is 2.34. The highest BCUT2D eigenvalue weighted by atomic mass is 35.5. The minimum absolute atomic E-state index is 0.0580. The van der Waals surface area contributed by atoms with Crippen molar-refractivity contribution < 1.29 is 13.2 Å². The van der Waals surface area contributed by atoms with Crippen molar-refractivity contribution in [3.05, 3.63) is 64.4 Å². The molecule has 0 saturated heterocycles. The van der Waals surface area contributed by atoms with Gasteiger partial charge in [-0.25, -0.2) is 0 Å². The third kappa shape index (κ3) is 3.05. The molecule has 1 atom stereocenters. The third-order valence-electron chi connectivity index (χ3n) is 2.72. The van der Waals surface area contributed by atoms with Crippen LogP contribution < -0.4 is 5.73 Å². The second-order valence-electron chi connectivity index (χ2n) is 3.99. The molecule has 1 aromatic carbocycles. The van der Waals surface area contributed by atoms with E-state index >= 15 is 0 Å². The van der Waals surface area contributed by atoms with Crippen molar-refractivity contribution >= 4 is 11.6 Å². The van der Waals surface area contributed by atoms with Crippen LogP contribution in [0.3, 0.4) is 0 Å². The van der Waals surface area contributed by atoms with E-state index in [0.29, 0.717) is 10.6 Å². The van der Waals surface area contributed by atoms with E-state index in [1.807, 2.05) is 0 Å². The van der Waals surface area contributed by atoms with Crippen LogP contribution in [0.4, 0.5) is 13.2 Å². The number of hydrogen-bond acceptors (Lipinski definition) is 2. The molecule has 0 aliphatic rings. The van der Waals surface area contributed by atoms with Gasteiger partial charge < -0.3 is 5.73 Å². The van der Waals surface area contributed by atoms with Gasteiger partial charge >= 0.3 is 6.18 Å². The number of rotatable bonds is 2. The fourth-order valence-electron chi connectivity index (χ4n) is 1.76. The lowest BCUT2D eigenvalue weighted by Gasteiger charge is -2.18. The Kier molecular flexibility index (Phi) is 3.78. The first-order valence-corrected chi connectivity index (χ1v) is 5.79. The molecule has 0 aliphatic heterocycles. The maximum absolute atomic E-state index is 12.9. The van der Waals surface area contributed by atoms with Crippen LogP contribution in [-0.2, 0) is 6.18 Å². The van der Waals surface area contributed by atoms with Gasteiger partial charge in [0.2, 0.25) is 0 Å². The molecule has 2 nitrogen and oxygen atoms in total. The van der Waals surface area contributed by atoms with Gasteiger partial charge in [0.1, 0.15) is 0 Å². The zero-order chi connectivity index (χ0) is 14.0. The molecular formula is C13H10ClF3N2. The van der Waals surface area contributed by atoms with E-state index in [2.05, 4.69) is 4.98 Å². The first-order valence-electron chi connectivity index (χ1n) is 5.42. The fourth-order valence-corrected chi connectivity index (χ4v) is 1.89. The molecule has 2 N–H and O–H groups in total. The van der Waals surface area contributed by atoms with Gasteiger partial charge in [-0.3, -0.25) is 4.98 Å². The molecule has 1 unspecified atom stereocenters. The Hall–Kier alpha value is -1.59. The molecule has 100 valence electrons. The smallest absolute Gasteiger partial charge is 0.320 e. The van der Waals surface area contributed by atoms with Crippen molar-refractivity contribution in [1.29, 1.82) is 0 Å². The van der Waals surface area contributed by atoms with E-state index in [4.69, 9.17) is 17.3 Å². The van der Waals surface area contributed by atoms with Crippen LogP contribution in [-0.4, -0.2) is 4.98 Å². The number of benzene rings is 1. The monoisotopic (exact) mass is 286 g/mol. The van der Waals surface area contributed by atoms with E-state index in [1.54, 1.807) is 24.3 Å². The van der Waals surface area contributed by atoms with Crippen molar-refractivity contribution in [2.24, 2.45) is 5.73 Å². The largest absolute Gasteiger partial charge is 0.416 e. The molecule has 1 aromatic heterocycles. The SMILES string of the molecule is NC(c1ccc(Cl)cc1)c1cnccc1C(F)(F)F. The summed E-state index contributed by atoms with van der Waals surface area (Å²) < 4.78 is 38.7. The minimum atomic E-state index is -4.46. The number of aromatic nitrogens is 1. The molecule has 2 aromatic rings. The van der Waals surface area contributed by atoms with Crippen molar-refractivity contribution in [2.75, 3.05) is 0 Å². The summed E-state index contributed by atoms with van der Waals surface area (Å²) in [5, 5.41) is 0.498. The predicted molar refractivity (Wildman–Crippen MR) is 66.7 cm³/mol. The summed E-state index contributed by atoms with van der Waals surface area (Å²) in [6.07, 6.45) is -2.22. The van der Waals surface area contributed by atoms with Gasteiger partial charge in [0.15, 0.2) is 0 Å². The molecular weight excluding hydrogens is 277 g/mol. The average molecular weight is 287 g/mol. The second-order valence-corrected chi connectivity index (χ2v) is 4.43. The maximum atomic E-state index is 12.9. The molecule has 0 fully saturated rings.